The fourth-order valence-electron chi connectivity index (χ4n) is 2.86. The number of aliphatic hydroxyl groups is 1. The first-order valence-corrected chi connectivity index (χ1v) is 9.93. The summed E-state index contributed by atoms with van der Waals surface area (Å²) in [6, 6.07) is 0. The normalized spacial score (nSPS) is 12.9. The highest BCUT2D eigenvalue weighted by molar-refractivity contribution is 4.81. The molecule has 24 heavy (non-hydrogen) atoms. The fourth-order valence-corrected chi connectivity index (χ4v) is 2.86. The van der Waals surface area contributed by atoms with Crippen molar-refractivity contribution >= 4 is 0 Å². The number of nitrogens with zero attached hydrogens (tertiary/aromatic N) is 2. The summed E-state index contributed by atoms with van der Waals surface area (Å²) in [4.78, 5) is 0. The summed E-state index contributed by atoms with van der Waals surface area (Å²) < 4.78 is 4.99. The van der Waals surface area contributed by atoms with Gasteiger partial charge < -0.3 is 9.52 Å². The van der Waals surface area contributed by atoms with E-state index in [1.54, 1.807) is 0 Å². The van der Waals surface area contributed by atoms with Crippen LogP contribution in [0.4, 0.5) is 0 Å². The summed E-state index contributed by atoms with van der Waals surface area (Å²) >= 11 is 0. The highest BCUT2D eigenvalue weighted by Crippen LogP contribution is 2.18. The van der Waals surface area contributed by atoms with Gasteiger partial charge in [-0.05, 0) is 32.1 Å². The molecule has 1 rings (SSSR count). The van der Waals surface area contributed by atoms with Crippen molar-refractivity contribution in [3.8, 4) is 0 Å². The average Bonchev–Trinajstić information content (AvgIpc) is 3.13. The molecule has 0 aliphatic rings. The van der Waals surface area contributed by atoms with Crippen molar-refractivity contribution in [3.63, 3.8) is 0 Å². The third-order valence-electron chi connectivity index (χ3n) is 4.40. The van der Waals surface area contributed by atoms with E-state index in [4.69, 9.17) is 4.42 Å². The van der Waals surface area contributed by atoms with Gasteiger partial charge in [0, 0.05) is 0 Å². The molecule has 0 aliphatic heterocycles. The predicted molar refractivity (Wildman–Crippen MR) is 98.7 cm³/mol. The molecular weight excluding hydrogens is 300 g/mol. The van der Waals surface area contributed by atoms with E-state index in [9.17, 15) is 5.11 Å². The van der Waals surface area contributed by atoms with Crippen molar-refractivity contribution in [3.05, 3.63) is 24.4 Å². The lowest BCUT2D eigenvalue weighted by molar-refractivity contribution is 0.130. The van der Waals surface area contributed by atoms with Crippen LogP contribution in [0.1, 0.15) is 109 Å². The maximum atomic E-state index is 9.81. The van der Waals surface area contributed by atoms with Gasteiger partial charge in [0.15, 0.2) is 0 Å². The van der Waals surface area contributed by atoms with E-state index < -0.39 is 6.10 Å². The van der Waals surface area contributed by atoms with Crippen molar-refractivity contribution in [2.75, 3.05) is 0 Å². The molecule has 0 radical (unpaired) electrons. The monoisotopic (exact) mass is 336 g/mol. The summed E-state index contributed by atoms with van der Waals surface area (Å²) in [5.74, 6) is 0.338. The second kappa shape index (κ2) is 15.4. The SMILES string of the molecule is CCCCCCCCC=CCCCCCCCC(O)c1nnco1. The van der Waals surface area contributed by atoms with Crippen molar-refractivity contribution in [1.29, 1.82) is 0 Å². The predicted octanol–water partition coefficient (Wildman–Crippen LogP) is 6.14. The molecule has 0 aliphatic carbocycles. The van der Waals surface area contributed by atoms with Crippen LogP contribution < -0.4 is 0 Å². The van der Waals surface area contributed by atoms with Gasteiger partial charge in [-0.1, -0.05) is 76.9 Å². The smallest absolute Gasteiger partial charge is 0.244 e. The average molecular weight is 337 g/mol. The summed E-state index contributed by atoms with van der Waals surface area (Å²) in [7, 11) is 0. The van der Waals surface area contributed by atoms with Crippen LogP contribution in [0, 0.1) is 0 Å². The Morgan fingerprint density at radius 1 is 0.917 bits per heavy atom. The van der Waals surface area contributed by atoms with Gasteiger partial charge in [0.25, 0.3) is 0 Å². The van der Waals surface area contributed by atoms with E-state index in [-0.39, 0.29) is 0 Å². The number of allylic oxidation sites excluding steroid dienone is 2. The molecule has 1 heterocycles. The number of aromatic nitrogens is 2. The lowest BCUT2D eigenvalue weighted by Crippen LogP contribution is -1.97. The van der Waals surface area contributed by atoms with Crippen LogP contribution in [0.5, 0.6) is 0 Å². The van der Waals surface area contributed by atoms with E-state index in [2.05, 4.69) is 29.3 Å². The molecular formula is C20H36N2O2. The lowest BCUT2D eigenvalue weighted by Gasteiger charge is -2.05. The molecule has 0 saturated carbocycles. The van der Waals surface area contributed by atoms with Crippen LogP contribution in [0.3, 0.4) is 0 Å². The van der Waals surface area contributed by atoms with E-state index in [1.165, 1.54) is 77.0 Å². The summed E-state index contributed by atoms with van der Waals surface area (Å²) in [6.07, 6.45) is 22.8. The molecule has 4 nitrogen and oxygen atoms in total. The van der Waals surface area contributed by atoms with Gasteiger partial charge >= 0.3 is 0 Å². The zero-order valence-electron chi connectivity index (χ0n) is 15.5. The molecule has 0 aromatic carbocycles. The van der Waals surface area contributed by atoms with Gasteiger partial charge in [0.2, 0.25) is 12.3 Å². The maximum absolute atomic E-state index is 9.81. The number of rotatable bonds is 16. The number of aliphatic hydroxyl groups excluding tert-OH is 1. The Balaban J connectivity index is 1.79. The third-order valence-corrected chi connectivity index (χ3v) is 4.40. The van der Waals surface area contributed by atoms with Gasteiger partial charge in [-0.15, -0.1) is 10.2 Å². The molecule has 0 saturated heterocycles. The van der Waals surface area contributed by atoms with Crippen molar-refractivity contribution in [2.24, 2.45) is 0 Å². The summed E-state index contributed by atoms with van der Waals surface area (Å²) in [6.45, 7) is 2.27. The Kier molecular flexibility index (Phi) is 13.4. The molecule has 0 amide bonds. The maximum Gasteiger partial charge on any atom is 0.244 e. The highest BCUT2D eigenvalue weighted by Gasteiger charge is 2.11. The molecule has 138 valence electrons. The first kappa shape index (κ1) is 20.9. The van der Waals surface area contributed by atoms with Gasteiger partial charge in [-0.2, -0.15) is 0 Å². The summed E-state index contributed by atoms with van der Waals surface area (Å²) in [5.41, 5.74) is 0. The third kappa shape index (κ3) is 11.4. The zero-order chi connectivity index (χ0) is 17.3. The van der Waals surface area contributed by atoms with E-state index in [1.807, 2.05) is 0 Å². The van der Waals surface area contributed by atoms with E-state index >= 15 is 0 Å². The van der Waals surface area contributed by atoms with Gasteiger partial charge in [0.05, 0.1) is 0 Å². The molecule has 1 unspecified atom stereocenters. The number of hydrogen-bond acceptors (Lipinski definition) is 4. The largest absolute Gasteiger partial charge is 0.425 e. The molecule has 1 aromatic heterocycles. The Morgan fingerprint density at radius 3 is 2.08 bits per heavy atom. The van der Waals surface area contributed by atoms with Gasteiger partial charge in [-0.3, -0.25) is 0 Å². The van der Waals surface area contributed by atoms with Crippen LogP contribution in [-0.4, -0.2) is 15.3 Å². The van der Waals surface area contributed by atoms with Crippen LogP contribution in [0.25, 0.3) is 0 Å². The molecule has 0 bridgehead atoms. The molecule has 1 aromatic rings. The fraction of sp³-hybridized carbons (Fsp3) is 0.800. The second-order valence-corrected chi connectivity index (χ2v) is 6.67. The molecule has 0 fully saturated rings. The van der Waals surface area contributed by atoms with Gasteiger partial charge in [0.1, 0.15) is 6.10 Å². The Labute approximate surface area is 147 Å². The second-order valence-electron chi connectivity index (χ2n) is 6.67. The topological polar surface area (TPSA) is 59.2 Å². The van der Waals surface area contributed by atoms with Crippen molar-refractivity contribution < 1.29 is 9.52 Å². The first-order chi connectivity index (χ1) is 11.8. The lowest BCUT2D eigenvalue weighted by atomic mass is 10.1. The molecule has 1 atom stereocenters. The van der Waals surface area contributed by atoms with Crippen LogP contribution in [0.2, 0.25) is 0 Å². The zero-order valence-corrected chi connectivity index (χ0v) is 15.5. The minimum Gasteiger partial charge on any atom is -0.425 e. The van der Waals surface area contributed by atoms with Crippen molar-refractivity contribution in [1.82, 2.24) is 10.2 Å². The standard InChI is InChI=1S/C20H36N2O2/c1-2-3-4-5-6-7-8-9-10-11-12-13-14-15-16-17-19(23)20-22-21-18-24-20/h9-10,18-19,23H,2-8,11-17H2,1H3. The van der Waals surface area contributed by atoms with Gasteiger partial charge in [-0.25, -0.2) is 0 Å². The molecule has 4 heteroatoms. The van der Waals surface area contributed by atoms with Crippen LogP contribution >= 0.6 is 0 Å². The molecule has 1 N–H and O–H groups in total. The highest BCUT2D eigenvalue weighted by atomic mass is 16.4. The van der Waals surface area contributed by atoms with Crippen LogP contribution in [0.15, 0.2) is 23.0 Å². The quantitative estimate of drug-likeness (QED) is 0.291. The number of unbranched alkanes of at least 4 members (excludes halogenated alkanes) is 11. The molecule has 0 spiro atoms. The Bertz CT molecular complexity index is 390. The Morgan fingerprint density at radius 2 is 1.50 bits per heavy atom. The van der Waals surface area contributed by atoms with Crippen molar-refractivity contribution in [2.45, 2.75) is 103 Å². The summed E-state index contributed by atoms with van der Waals surface area (Å²) in [5, 5.41) is 17.1. The van der Waals surface area contributed by atoms with E-state index in [0.29, 0.717) is 12.3 Å². The Hall–Kier alpha value is -1.16. The number of hydrogen-bond donors (Lipinski definition) is 1. The minimum atomic E-state index is -0.600. The first-order valence-electron chi connectivity index (χ1n) is 9.93. The minimum absolute atomic E-state index is 0.338. The van der Waals surface area contributed by atoms with Crippen LogP contribution in [-0.2, 0) is 0 Å². The van der Waals surface area contributed by atoms with E-state index in [0.717, 1.165) is 12.8 Å².